The Labute approximate surface area is 64.4 Å². The van der Waals surface area contributed by atoms with Gasteiger partial charge in [-0.05, 0) is 24.6 Å². The highest BCUT2D eigenvalue weighted by atomic mass is 35.5. The molecule has 0 amide bonds. The molecule has 9 heavy (non-hydrogen) atoms. The normalized spacial score (nSPS) is 9.67. The standard InChI is InChI=1S/C7H5Cl2/c1-5-4-6(8)2-3-7(5)9/h2-3H,1H3. The van der Waals surface area contributed by atoms with Crippen LogP contribution in [0.4, 0.5) is 0 Å². The molecule has 1 radical (unpaired) electrons. The van der Waals surface area contributed by atoms with Crippen LogP contribution in [-0.2, 0) is 0 Å². The zero-order valence-corrected chi connectivity index (χ0v) is 6.42. The first kappa shape index (κ1) is 6.91. The average Bonchev–Trinajstić information content (AvgIpc) is 1.80. The van der Waals surface area contributed by atoms with E-state index in [1.54, 1.807) is 12.1 Å². The average molecular weight is 160 g/mol. The third kappa shape index (κ3) is 1.60. The van der Waals surface area contributed by atoms with E-state index in [1.165, 1.54) is 0 Å². The fraction of sp³-hybridized carbons (Fsp3) is 0.143. The molecule has 0 N–H and O–H groups in total. The van der Waals surface area contributed by atoms with E-state index in [0.717, 1.165) is 5.56 Å². The number of benzene rings is 1. The highest BCUT2D eigenvalue weighted by Crippen LogP contribution is 2.17. The van der Waals surface area contributed by atoms with Crippen molar-refractivity contribution in [2.75, 3.05) is 0 Å². The molecule has 0 heterocycles. The largest absolute Gasteiger partial charge is 0.0840 e. The fourth-order valence-electron chi connectivity index (χ4n) is 0.552. The van der Waals surface area contributed by atoms with Gasteiger partial charge in [0.15, 0.2) is 0 Å². The molecule has 0 spiro atoms. The lowest BCUT2D eigenvalue weighted by molar-refractivity contribution is 1.46. The minimum atomic E-state index is 0.608. The smallest absolute Gasteiger partial charge is 0.0488 e. The molecule has 1 aromatic rings. The summed E-state index contributed by atoms with van der Waals surface area (Å²) in [7, 11) is 0. The SMILES string of the molecule is Cc1[c]c(Cl)ccc1Cl. The van der Waals surface area contributed by atoms with E-state index in [-0.39, 0.29) is 0 Å². The number of aryl methyl sites for hydroxylation is 1. The summed E-state index contributed by atoms with van der Waals surface area (Å²) >= 11 is 11.3. The lowest BCUT2D eigenvalue weighted by Gasteiger charge is -1.94. The minimum absolute atomic E-state index is 0.608. The molecule has 47 valence electrons. The summed E-state index contributed by atoms with van der Waals surface area (Å²) < 4.78 is 0. The van der Waals surface area contributed by atoms with Gasteiger partial charge in [0, 0.05) is 16.1 Å². The van der Waals surface area contributed by atoms with Gasteiger partial charge < -0.3 is 0 Å². The van der Waals surface area contributed by atoms with Gasteiger partial charge in [-0.2, -0.15) is 0 Å². The van der Waals surface area contributed by atoms with Crippen LogP contribution in [-0.4, -0.2) is 0 Å². The van der Waals surface area contributed by atoms with Gasteiger partial charge in [-0.15, -0.1) is 0 Å². The number of hydrogen-bond acceptors (Lipinski definition) is 0. The molecule has 1 aromatic carbocycles. The summed E-state index contributed by atoms with van der Waals surface area (Å²) in [5.74, 6) is 0. The first-order chi connectivity index (χ1) is 4.20. The molecular weight excluding hydrogens is 155 g/mol. The molecule has 0 aliphatic carbocycles. The van der Waals surface area contributed by atoms with Crippen LogP contribution in [0.3, 0.4) is 0 Å². The summed E-state index contributed by atoms with van der Waals surface area (Å²) in [5.41, 5.74) is 0.893. The molecule has 1 rings (SSSR count). The zero-order valence-electron chi connectivity index (χ0n) is 4.91. The minimum Gasteiger partial charge on any atom is -0.0840 e. The van der Waals surface area contributed by atoms with Gasteiger partial charge in [-0.3, -0.25) is 0 Å². The maximum Gasteiger partial charge on any atom is 0.0488 e. The van der Waals surface area contributed by atoms with Gasteiger partial charge in [0.2, 0.25) is 0 Å². The summed E-state index contributed by atoms with van der Waals surface area (Å²) in [6.45, 7) is 1.87. The van der Waals surface area contributed by atoms with E-state index < -0.39 is 0 Å². The first-order valence-corrected chi connectivity index (χ1v) is 3.29. The molecule has 0 saturated heterocycles. The van der Waals surface area contributed by atoms with E-state index in [2.05, 4.69) is 6.07 Å². The molecule has 0 atom stereocenters. The summed E-state index contributed by atoms with van der Waals surface area (Å²) in [6.07, 6.45) is 0. The number of rotatable bonds is 0. The Kier molecular flexibility index (Phi) is 1.99. The van der Waals surface area contributed by atoms with Crippen molar-refractivity contribution >= 4 is 23.2 Å². The van der Waals surface area contributed by atoms with Crippen LogP contribution in [0.25, 0.3) is 0 Å². The molecule has 0 aliphatic rings. The fourth-order valence-corrected chi connectivity index (χ4v) is 0.867. The van der Waals surface area contributed by atoms with Crippen molar-refractivity contribution in [2.24, 2.45) is 0 Å². The van der Waals surface area contributed by atoms with Crippen molar-refractivity contribution in [3.05, 3.63) is 33.8 Å². The third-order valence-corrected chi connectivity index (χ3v) is 1.67. The first-order valence-electron chi connectivity index (χ1n) is 2.54. The predicted molar refractivity (Wildman–Crippen MR) is 40.0 cm³/mol. The molecule has 0 aliphatic heterocycles. The molecule has 0 fully saturated rings. The topological polar surface area (TPSA) is 0 Å². The van der Waals surface area contributed by atoms with Gasteiger partial charge in [0.1, 0.15) is 0 Å². The second kappa shape index (κ2) is 2.59. The van der Waals surface area contributed by atoms with E-state index in [9.17, 15) is 0 Å². The van der Waals surface area contributed by atoms with E-state index in [1.807, 2.05) is 6.92 Å². The van der Waals surface area contributed by atoms with E-state index in [4.69, 9.17) is 23.2 Å². The Morgan fingerprint density at radius 1 is 1.33 bits per heavy atom. The van der Waals surface area contributed by atoms with Crippen molar-refractivity contribution in [2.45, 2.75) is 6.92 Å². The van der Waals surface area contributed by atoms with E-state index >= 15 is 0 Å². The number of hydrogen-bond donors (Lipinski definition) is 0. The van der Waals surface area contributed by atoms with Gasteiger partial charge in [0.05, 0.1) is 0 Å². The van der Waals surface area contributed by atoms with Gasteiger partial charge in [0.25, 0.3) is 0 Å². The van der Waals surface area contributed by atoms with Gasteiger partial charge in [-0.1, -0.05) is 23.2 Å². The lowest BCUT2D eigenvalue weighted by atomic mass is 10.2. The van der Waals surface area contributed by atoms with Crippen molar-refractivity contribution in [3.8, 4) is 0 Å². The monoisotopic (exact) mass is 159 g/mol. The summed E-state index contributed by atoms with van der Waals surface area (Å²) in [6, 6.07) is 6.35. The van der Waals surface area contributed by atoms with Crippen LogP contribution < -0.4 is 0 Å². The Morgan fingerprint density at radius 2 is 2.00 bits per heavy atom. The Morgan fingerprint density at radius 3 is 2.44 bits per heavy atom. The Balaban J connectivity index is 3.17. The van der Waals surface area contributed by atoms with Crippen molar-refractivity contribution < 1.29 is 0 Å². The molecule has 0 nitrogen and oxygen atoms in total. The second-order valence-corrected chi connectivity index (χ2v) is 2.59. The lowest BCUT2D eigenvalue weighted by Crippen LogP contribution is -1.73. The summed E-state index contributed by atoms with van der Waals surface area (Å²) in [5, 5.41) is 1.32. The van der Waals surface area contributed by atoms with Crippen LogP contribution in [0.2, 0.25) is 10.0 Å². The number of halogens is 2. The van der Waals surface area contributed by atoms with Crippen LogP contribution in [0.15, 0.2) is 12.1 Å². The van der Waals surface area contributed by atoms with Crippen LogP contribution >= 0.6 is 23.2 Å². The van der Waals surface area contributed by atoms with Crippen molar-refractivity contribution in [3.63, 3.8) is 0 Å². The van der Waals surface area contributed by atoms with Crippen LogP contribution in [0.5, 0.6) is 0 Å². The molecule has 0 saturated carbocycles. The van der Waals surface area contributed by atoms with Crippen molar-refractivity contribution in [1.82, 2.24) is 0 Å². The maximum atomic E-state index is 5.69. The molecule has 0 unspecified atom stereocenters. The molecule has 0 bridgehead atoms. The molecule has 2 heteroatoms. The second-order valence-electron chi connectivity index (χ2n) is 1.78. The predicted octanol–water partition coefficient (Wildman–Crippen LogP) is 3.10. The molecular formula is C7H5Cl2. The third-order valence-electron chi connectivity index (χ3n) is 1.04. The van der Waals surface area contributed by atoms with E-state index in [0.29, 0.717) is 10.0 Å². The summed E-state index contributed by atoms with van der Waals surface area (Å²) in [4.78, 5) is 0. The van der Waals surface area contributed by atoms with Gasteiger partial charge >= 0.3 is 0 Å². The highest BCUT2D eigenvalue weighted by molar-refractivity contribution is 6.33. The zero-order chi connectivity index (χ0) is 6.85. The Hall–Kier alpha value is -0.200. The molecule has 0 aromatic heterocycles. The highest BCUT2D eigenvalue weighted by Gasteiger charge is 1.93. The Bertz CT molecular complexity index is 218. The van der Waals surface area contributed by atoms with Crippen molar-refractivity contribution in [1.29, 1.82) is 0 Å². The maximum absolute atomic E-state index is 5.69. The van der Waals surface area contributed by atoms with Crippen LogP contribution in [0.1, 0.15) is 5.56 Å². The quantitative estimate of drug-likeness (QED) is 0.546. The van der Waals surface area contributed by atoms with Gasteiger partial charge in [-0.25, -0.2) is 0 Å². The van der Waals surface area contributed by atoms with Crippen LogP contribution in [0, 0.1) is 13.0 Å².